The van der Waals surface area contributed by atoms with Gasteiger partial charge in [-0.3, -0.25) is 9.69 Å². The van der Waals surface area contributed by atoms with Crippen LogP contribution in [0, 0.1) is 11.8 Å². The largest absolute Gasteiger partial charge is 0.392 e. The van der Waals surface area contributed by atoms with Gasteiger partial charge in [-0.05, 0) is 25.2 Å². The van der Waals surface area contributed by atoms with Crippen LogP contribution in [-0.2, 0) is 17.9 Å². The van der Waals surface area contributed by atoms with Crippen molar-refractivity contribution in [1.29, 1.82) is 0 Å². The van der Waals surface area contributed by atoms with E-state index in [4.69, 9.17) is 0 Å². The zero-order valence-electron chi connectivity index (χ0n) is 16.7. The smallest absolute Gasteiger partial charge is 0.225 e. The fourth-order valence-electron chi connectivity index (χ4n) is 5.03. The molecule has 4 rings (SSSR count). The number of hydrogen-bond acceptors (Lipinski definition) is 5. The van der Waals surface area contributed by atoms with Crippen LogP contribution < -0.4 is 0 Å². The molecule has 2 fully saturated rings. The summed E-state index contributed by atoms with van der Waals surface area (Å²) >= 11 is 0. The van der Waals surface area contributed by atoms with E-state index in [0.29, 0.717) is 13.1 Å². The van der Waals surface area contributed by atoms with Crippen LogP contribution >= 0.6 is 0 Å². The second-order valence-corrected chi connectivity index (χ2v) is 8.90. The Morgan fingerprint density at radius 2 is 1.96 bits per heavy atom. The van der Waals surface area contributed by atoms with Gasteiger partial charge in [0.1, 0.15) is 0 Å². The monoisotopic (exact) mass is 375 g/mol. The van der Waals surface area contributed by atoms with E-state index in [1.807, 2.05) is 18.7 Å². The Morgan fingerprint density at radius 1 is 1.19 bits per heavy atom. The van der Waals surface area contributed by atoms with Crippen molar-refractivity contribution in [3.05, 3.63) is 11.6 Å². The van der Waals surface area contributed by atoms with E-state index < -0.39 is 0 Å². The lowest BCUT2D eigenvalue weighted by Crippen LogP contribution is -2.41. The zero-order valence-corrected chi connectivity index (χ0v) is 16.7. The van der Waals surface area contributed by atoms with Gasteiger partial charge in [-0.1, -0.05) is 33.1 Å². The molecule has 0 spiro atoms. The minimum atomic E-state index is -0.283. The van der Waals surface area contributed by atoms with Gasteiger partial charge in [0, 0.05) is 32.1 Å². The van der Waals surface area contributed by atoms with Crippen molar-refractivity contribution in [2.45, 2.75) is 77.6 Å². The first-order valence-electron chi connectivity index (χ1n) is 10.7. The van der Waals surface area contributed by atoms with Crippen molar-refractivity contribution in [2.75, 3.05) is 19.6 Å². The molecule has 0 bridgehead atoms. The molecule has 0 aromatic carbocycles. The Bertz CT molecular complexity index is 667. The highest BCUT2D eigenvalue weighted by molar-refractivity contribution is 5.78. The second kappa shape index (κ2) is 7.87. The van der Waals surface area contributed by atoms with Crippen LogP contribution in [0.1, 0.15) is 70.1 Å². The van der Waals surface area contributed by atoms with E-state index in [-0.39, 0.29) is 24.0 Å². The lowest BCUT2D eigenvalue weighted by atomic mass is 9.89. The van der Waals surface area contributed by atoms with Gasteiger partial charge >= 0.3 is 0 Å². The maximum atomic E-state index is 12.3. The van der Waals surface area contributed by atoms with Crippen LogP contribution in [0.3, 0.4) is 0 Å². The highest BCUT2D eigenvalue weighted by Crippen LogP contribution is 2.35. The Labute approximate surface area is 161 Å². The number of hydrogen-bond donors (Lipinski definition) is 1. The summed E-state index contributed by atoms with van der Waals surface area (Å²) in [4.78, 5) is 16.6. The molecule has 1 aliphatic carbocycles. The molecule has 1 N–H and O–H groups in total. The number of carbonyl (C=O) groups excluding carboxylic acids is 1. The van der Waals surface area contributed by atoms with Gasteiger partial charge in [0.2, 0.25) is 5.91 Å². The summed E-state index contributed by atoms with van der Waals surface area (Å²) in [5, 5.41) is 19.3. The number of aliphatic hydroxyl groups excluding tert-OH is 1. The summed E-state index contributed by atoms with van der Waals surface area (Å²) in [5.41, 5.74) is 0. The number of β-amino-alcohol motifs (C(OH)–C–C–N with tert-alkyl or cyclic N) is 1. The van der Waals surface area contributed by atoms with E-state index in [0.717, 1.165) is 43.6 Å². The van der Waals surface area contributed by atoms with Gasteiger partial charge in [-0.15, -0.1) is 10.2 Å². The number of nitrogens with zero attached hydrogens (tertiary/aromatic N) is 5. The first-order chi connectivity index (χ1) is 13.0. The lowest BCUT2D eigenvalue weighted by molar-refractivity contribution is -0.136. The van der Waals surface area contributed by atoms with Crippen molar-refractivity contribution in [2.24, 2.45) is 11.8 Å². The molecule has 0 unspecified atom stereocenters. The van der Waals surface area contributed by atoms with E-state index in [2.05, 4.69) is 19.7 Å². The number of rotatable bonds is 4. The molecule has 7 heteroatoms. The summed E-state index contributed by atoms with van der Waals surface area (Å²) in [6, 6.07) is 0.149. The van der Waals surface area contributed by atoms with Crippen molar-refractivity contribution < 1.29 is 9.90 Å². The molecule has 0 radical (unpaired) electrons. The van der Waals surface area contributed by atoms with Crippen LogP contribution in [0.25, 0.3) is 0 Å². The van der Waals surface area contributed by atoms with Crippen molar-refractivity contribution in [1.82, 2.24) is 24.6 Å². The van der Waals surface area contributed by atoms with Crippen LogP contribution in [0.5, 0.6) is 0 Å². The fraction of sp³-hybridized carbons (Fsp3) is 0.850. The standard InChI is InChI=1S/C20H33N5O2/c1-14(2)20(27)23-8-9-25-18(13-23)21-22-19(25)17-10-16(26)12-24(17)11-15-6-4-3-5-7-15/h14-17,26H,3-13H2,1-2H3/t16-,17-/m0/s1. The van der Waals surface area contributed by atoms with Gasteiger partial charge in [-0.2, -0.15) is 0 Å². The number of carbonyl (C=O) groups is 1. The van der Waals surface area contributed by atoms with E-state index in [1.54, 1.807) is 0 Å². The SMILES string of the molecule is CC(C)C(=O)N1CCn2c(nnc2[C@@H]2C[C@H](O)CN2CC2CCCCC2)C1. The van der Waals surface area contributed by atoms with Crippen LogP contribution in [0.15, 0.2) is 0 Å². The first-order valence-corrected chi connectivity index (χ1v) is 10.7. The van der Waals surface area contributed by atoms with Crippen molar-refractivity contribution >= 4 is 5.91 Å². The molecule has 27 heavy (non-hydrogen) atoms. The molecule has 2 aliphatic heterocycles. The normalized spacial score (nSPS) is 27.3. The van der Waals surface area contributed by atoms with E-state index in [1.165, 1.54) is 32.1 Å². The van der Waals surface area contributed by atoms with Gasteiger partial charge in [-0.25, -0.2) is 0 Å². The van der Waals surface area contributed by atoms with Crippen molar-refractivity contribution in [3.63, 3.8) is 0 Å². The predicted octanol–water partition coefficient (Wildman–Crippen LogP) is 1.96. The predicted molar refractivity (Wildman–Crippen MR) is 102 cm³/mol. The Morgan fingerprint density at radius 3 is 2.70 bits per heavy atom. The molecule has 150 valence electrons. The highest BCUT2D eigenvalue weighted by atomic mass is 16.3. The zero-order chi connectivity index (χ0) is 19.0. The minimum absolute atomic E-state index is 0.00917. The molecule has 3 aliphatic rings. The number of aliphatic hydroxyl groups is 1. The maximum absolute atomic E-state index is 12.3. The van der Waals surface area contributed by atoms with Gasteiger partial charge < -0.3 is 14.6 Å². The number of amides is 1. The van der Waals surface area contributed by atoms with Crippen LogP contribution in [0.2, 0.25) is 0 Å². The fourth-order valence-corrected chi connectivity index (χ4v) is 5.03. The molecule has 1 aromatic rings. The molecular weight excluding hydrogens is 342 g/mol. The van der Waals surface area contributed by atoms with E-state index in [9.17, 15) is 9.90 Å². The summed E-state index contributed by atoms with van der Waals surface area (Å²) in [6.45, 7) is 7.68. The average molecular weight is 376 g/mol. The summed E-state index contributed by atoms with van der Waals surface area (Å²) in [7, 11) is 0. The number of aromatic nitrogens is 3. The third kappa shape index (κ3) is 3.90. The summed E-state index contributed by atoms with van der Waals surface area (Å²) < 4.78 is 2.20. The molecule has 2 atom stereocenters. The minimum Gasteiger partial charge on any atom is -0.392 e. The highest BCUT2D eigenvalue weighted by Gasteiger charge is 2.38. The topological polar surface area (TPSA) is 74.5 Å². The second-order valence-electron chi connectivity index (χ2n) is 8.90. The summed E-state index contributed by atoms with van der Waals surface area (Å²) in [6.07, 6.45) is 7.12. The van der Waals surface area contributed by atoms with Gasteiger partial charge in [0.15, 0.2) is 11.6 Å². The quantitative estimate of drug-likeness (QED) is 0.871. The first kappa shape index (κ1) is 18.9. The van der Waals surface area contributed by atoms with Crippen LogP contribution in [0.4, 0.5) is 0 Å². The molecule has 1 amide bonds. The molecule has 1 saturated carbocycles. The Hall–Kier alpha value is -1.47. The third-order valence-corrected chi connectivity index (χ3v) is 6.48. The molecule has 1 saturated heterocycles. The third-order valence-electron chi connectivity index (χ3n) is 6.48. The maximum Gasteiger partial charge on any atom is 0.225 e. The number of fused-ring (bicyclic) bond motifs is 1. The van der Waals surface area contributed by atoms with Gasteiger partial charge in [0.05, 0.1) is 18.7 Å². The van der Waals surface area contributed by atoms with Crippen molar-refractivity contribution in [3.8, 4) is 0 Å². The molecule has 3 heterocycles. The average Bonchev–Trinajstić information content (AvgIpc) is 3.24. The van der Waals surface area contributed by atoms with E-state index >= 15 is 0 Å². The summed E-state index contributed by atoms with van der Waals surface area (Å²) in [5.74, 6) is 2.80. The molecule has 7 nitrogen and oxygen atoms in total. The Kier molecular flexibility index (Phi) is 5.50. The van der Waals surface area contributed by atoms with Gasteiger partial charge in [0.25, 0.3) is 0 Å². The Balaban J connectivity index is 1.49. The van der Waals surface area contributed by atoms with Crippen LogP contribution in [-0.4, -0.2) is 61.3 Å². The molecular formula is C20H33N5O2. The number of likely N-dealkylation sites (tertiary alicyclic amines) is 1. The molecule has 1 aromatic heterocycles. The lowest BCUT2D eigenvalue weighted by Gasteiger charge is -2.32.